The smallest absolute Gasteiger partial charge is 0.222 e. The quantitative estimate of drug-likeness (QED) is 0.0812. The molecule has 56 heavy (non-hydrogen) atoms. The summed E-state index contributed by atoms with van der Waals surface area (Å²) < 4.78 is 14.9. The minimum absolute atomic E-state index is 0.0453. The Hall–Kier alpha value is -7.03. The molecule has 0 spiro atoms. The van der Waals surface area contributed by atoms with E-state index in [1.165, 1.54) is 39.0 Å². The molecule has 6 heteroatoms. The lowest BCUT2D eigenvalue weighted by molar-refractivity contribution is 0.331. The molecule has 0 radical (unpaired) electrons. The van der Waals surface area contributed by atoms with Crippen molar-refractivity contribution in [2.75, 3.05) is 11.4 Å². The first-order chi connectivity index (χ1) is 27.3. The maximum Gasteiger partial charge on any atom is 0.222 e. The van der Waals surface area contributed by atoms with Crippen LogP contribution in [-0.4, -0.2) is 11.1 Å². The van der Waals surface area contributed by atoms with Gasteiger partial charge in [0.2, 0.25) is 6.08 Å². The molecule has 3 heterocycles. The summed E-state index contributed by atoms with van der Waals surface area (Å²) in [5.74, 6) is 7.84. The zero-order valence-corrected chi connectivity index (χ0v) is 32.2. The van der Waals surface area contributed by atoms with Crippen molar-refractivity contribution < 1.29 is 9.47 Å². The summed E-state index contributed by atoms with van der Waals surface area (Å²) in [4.78, 5) is 2.34. The molecule has 4 aromatic carbocycles. The number of aromatic nitrogens is 1. The first kappa shape index (κ1) is 37.3. The van der Waals surface area contributed by atoms with Crippen LogP contribution in [0.4, 0.5) is 5.69 Å². The average molecular weight is 732 g/mol. The van der Waals surface area contributed by atoms with E-state index in [2.05, 4.69) is 133 Å². The van der Waals surface area contributed by atoms with E-state index < -0.39 is 0 Å². The van der Waals surface area contributed by atoms with Crippen molar-refractivity contribution >= 4 is 33.1 Å². The number of nitrogens with zero attached hydrogens (tertiary/aromatic N) is 4. The van der Waals surface area contributed by atoms with E-state index in [0.717, 1.165) is 48.5 Å². The molecule has 2 aliphatic heterocycles. The van der Waals surface area contributed by atoms with E-state index >= 15 is 0 Å². The molecule has 2 unspecified atom stereocenters. The molecule has 2 aliphatic rings. The Morgan fingerprint density at radius 3 is 2.21 bits per heavy atom. The number of ether oxygens (including phenoxy) is 2. The molecule has 0 saturated heterocycles. The van der Waals surface area contributed by atoms with Gasteiger partial charge in [0.05, 0.1) is 12.5 Å². The Bertz CT molecular complexity index is 2570. The van der Waals surface area contributed by atoms with Crippen LogP contribution in [0.15, 0.2) is 150 Å². The van der Waals surface area contributed by atoms with Gasteiger partial charge in [0, 0.05) is 76.0 Å². The molecule has 1 aromatic heterocycles. The Balaban J connectivity index is 1.07. The number of fused-ring (bicyclic) bond motifs is 4. The van der Waals surface area contributed by atoms with Crippen LogP contribution in [0.5, 0.6) is 5.75 Å². The van der Waals surface area contributed by atoms with Crippen molar-refractivity contribution in [3.63, 3.8) is 0 Å². The number of hydrogen-bond donors (Lipinski definition) is 0. The maximum absolute atomic E-state index is 9.49. The van der Waals surface area contributed by atoms with Gasteiger partial charge in [-0.05, 0) is 92.6 Å². The standard InChI is InChI=1S/C50H43N4O2/c1-6-9-14-42-27-39(40(31-51)32-52)28-44(55-42)30-43-25-34(4)45-24-23-41(29-50(45)56-43)53(8-3)33-36-19-21-38(22-20-36)37(7-2)26-35(5)54-48-17-12-10-15-46(48)47-16-11-13-18-49(47)54/h1,6,10-13,15-25,27-30,35,37H,7-8,26,33H2,2-5H3/q+1/b43-30+. The minimum atomic E-state index is -0.0453. The highest BCUT2D eigenvalue weighted by Gasteiger charge is 2.22. The summed E-state index contributed by atoms with van der Waals surface area (Å²) in [6, 6.07) is 37.2. The SMILES string of the molecule is [CH+]=CC#CC1=CC(=C(C#N)C#N)C=C(/C=C2\C=C(C)c3ccc(N(CC)Cc4ccc(C(CC)CC(C)n5c6ccccc6c6ccccc65)cc4)cc3O2)O1. The second-order valence-corrected chi connectivity index (χ2v) is 14.2. The molecule has 274 valence electrons. The van der Waals surface area contributed by atoms with Crippen LogP contribution in [0.1, 0.15) is 69.2 Å². The highest BCUT2D eigenvalue weighted by atomic mass is 16.5. The normalized spacial score (nSPS) is 15.1. The first-order valence-electron chi connectivity index (χ1n) is 19.1. The van der Waals surface area contributed by atoms with Crippen LogP contribution in [0.3, 0.4) is 0 Å². The van der Waals surface area contributed by atoms with Crippen LogP contribution in [0.2, 0.25) is 0 Å². The zero-order valence-electron chi connectivity index (χ0n) is 32.2. The van der Waals surface area contributed by atoms with Crippen LogP contribution in [0, 0.1) is 41.1 Å². The summed E-state index contributed by atoms with van der Waals surface area (Å²) in [5.41, 5.74) is 8.67. The molecule has 0 bridgehead atoms. The van der Waals surface area contributed by atoms with Crippen molar-refractivity contribution in [2.45, 2.75) is 59.0 Å². The average Bonchev–Trinajstić information content (AvgIpc) is 3.56. The largest absolute Gasteiger partial charge is 0.457 e. The monoisotopic (exact) mass is 731 g/mol. The molecule has 0 saturated carbocycles. The van der Waals surface area contributed by atoms with Crippen molar-refractivity contribution in [3.05, 3.63) is 173 Å². The van der Waals surface area contributed by atoms with Gasteiger partial charge in [-0.2, -0.15) is 10.5 Å². The zero-order chi connectivity index (χ0) is 39.2. The van der Waals surface area contributed by atoms with E-state index in [1.54, 1.807) is 18.2 Å². The van der Waals surface area contributed by atoms with Crippen molar-refractivity contribution in [1.29, 1.82) is 10.5 Å². The Labute approximate surface area is 329 Å². The van der Waals surface area contributed by atoms with Crippen LogP contribution in [-0.2, 0) is 11.3 Å². The number of anilines is 1. The maximum atomic E-state index is 9.49. The molecular formula is C50H43N4O2+. The Morgan fingerprint density at radius 2 is 1.57 bits per heavy atom. The molecule has 0 amide bonds. The number of rotatable bonds is 10. The molecule has 7 rings (SSSR count). The lowest BCUT2D eigenvalue weighted by atomic mass is 9.89. The third kappa shape index (κ3) is 7.64. The molecule has 5 aromatic rings. The second kappa shape index (κ2) is 16.5. The molecule has 6 nitrogen and oxygen atoms in total. The number of nitriles is 2. The summed E-state index contributed by atoms with van der Waals surface area (Å²) in [6.45, 7) is 15.9. The van der Waals surface area contributed by atoms with E-state index in [4.69, 9.17) is 16.1 Å². The lowest BCUT2D eigenvalue weighted by Crippen LogP contribution is -2.22. The third-order valence-electron chi connectivity index (χ3n) is 10.6. The fourth-order valence-electron chi connectivity index (χ4n) is 7.83. The van der Waals surface area contributed by atoms with Gasteiger partial charge in [-0.25, -0.2) is 0 Å². The number of hydrogen-bond acceptors (Lipinski definition) is 5. The van der Waals surface area contributed by atoms with E-state index in [-0.39, 0.29) is 11.3 Å². The molecule has 0 fully saturated rings. The van der Waals surface area contributed by atoms with Crippen LogP contribution in [0.25, 0.3) is 27.4 Å². The third-order valence-corrected chi connectivity index (χ3v) is 10.6. The first-order valence-corrected chi connectivity index (χ1v) is 19.1. The van der Waals surface area contributed by atoms with Crippen molar-refractivity contribution in [1.82, 2.24) is 4.57 Å². The van der Waals surface area contributed by atoms with Crippen LogP contribution >= 0.6 is 0 Å². The van der Waals surface area contributed by atoms with E-state index in [9.17, 15) is 10.5 Å². The van der Waals surface area contributed by atoms with E-state index in [1.807, 2.05) is 25.1 Å². The Kier molecular flexibility index (Phi) is 11.0. The predicted molar refractivity (Wildman–Crippen MR) is 226 cm³/mol. The summed E-state index contributed by atoms with van der Waals surface area (Å²) >= 11 is 0. The second-order valence-electron chi connectivity index (χ2n) is 14.2. The topological polar surface area (TPSA) is 74.2 Å². The van der Waals surface area contributed by atoms with Gasteiger partial charge in [0.15, 0.2) is 11.7 Å². The fraction of sp³-hybridized carbons (Fsp3) is 0.200. The van der Waals surface area contributed by atoms with Gasteiger partial charge in [-0.1, -0.05) is 67.6 Å². The lowest BCUT2D eigenvalue weighted by Gasteiger charge is -2.27. The van der Waals surface area contributed by atoms with E-state index in [0.29, 0.717) is 29.1 Å². The molecular weight excluding hydrogens is 689 g/mol. The number of benzene rings is 4. The van der Waals surface area contributed by atoms with Gasteiger partial charge >= 0.3 is 0 Å². The van der Waals surface area contributed by atoms with Gasteiger partial charge < -0.3 is 18.9 Å². The fourth-order valence-corrected chi connectivity index (χ4v) is 7.83. The molecule has 0 N–H and O–H groups in total. The Morgan fingerprint density at radius 1 is 0.875 bits per heavy atom. The molecule has 2 atom stereocenters. The highest BCUT2D eigenvalue weighted by Crippen LogP contribution is 2.39. The van der Waals surface area contributed by atoms with Gasteiger partial charge in [0.25, 0.3) is 0 Å². The minimum Gasteiger partial charge on any atom is -0.457 e. The summed E-state index contributed by atoms with van der Waals surface area (Å²) in [7, 11) is 0. The van der Waals surface area contributed by atoms with Gasteiger partial charge in [-0.3, -0.25) is 0 Å². The van der Waals surface area contributed by atoms with Crippen LogP contribution < -0.4 is 9.64 Å². The predicted octanol–water partition coefficient (Wildman–Crippen LogP) is 11.8. The highest BCUT2D eigenvalue weighted by molar-refractivity contribution is 6.08. The number of para-hydroxylation sites is 2. The van der Waals surface area contributed by atoms with Gasteiger partial charge in [0.1, 0.15) is 35.0 Å². The van der Waals surface area contributed by atoms with Crippen molar-refractivity contribution in [2.24, 2.45) is 0 Å². The van der Waals surface area contributed by atoms with Crippen molar-refractivity contribution in [3.8, 4) is 29.7 Å². The van der Waals surface area contributed by atoms with Gasteiger partial charge in [-0.15, -0.1) is 0 Å². The summed E-state index contributed by atoms with van der Waals surface area (Å²) in [5, 5.41) is 21.6. The number of allylic oxidation sites excluding steroid dienone is 9. The summed E-state index contributed by atoms with van der Waals surface area (Å²) in [6.07, 6.45) is 10.2. The molecule has 0 aliphatic carbocycles.